The molecule has 0 saturated heterocycles. The second-order valence-electron chi connectivity index (χ2n) is 0.217. The monoisotopic (exact) mass is 115 g/mol. The zero-order valence-electron chi connectivity index (χ0n) is 2.17. The first-order chi connectivity index (χ1) is 1.73. The van der Waals surface area contributed by atoms with Gasteiger partial charge in [-0.3, -0.25) is 0 Å². The third kappa shape index (κ3) is 147. The second-order valence-corrected chi connectivity index (χ2v) is 0.651. The molecule has 5 heteroatoms. The van der Waals surface area contributed by atoms with Crippen LogP contribution >= 0.6 is 13.5 Å². The lowest BCUT2D eigenvalue weighted by Crippen LogP contribution is -1.75. The zero-order chi connectivity index (χ0) is 3.58. The minimum absolute atomic E-state index is 0. The summed E-state index contributed by atoms with van der Waals surface area (Å²) in [5.41, 5.74) is 0. The van der Waals surface area contributed by atoms with Crippen molar-refractivity contribution in [2.24, 2.45) is 0 Å². The molecule has 0 spiro atoms. The summed E-state index contributed by atoms with van der Waals surface area (Å²) in [6.45, 7) is 0. The predicted molar refractivity (Wildman–Crippen MR) is 21.9 cm³/mol. The molecule has 0 aliphatic carbocycles. The van der Waals surface area contributed by atoms with E-state index in [4.69, 9.17) is 13.3 Å². The maximum absolute atomic E-state index is 8.56. The molecule has 0 bridgehead atoms. The van der Waals surface area contributed by atoms with Crippen LogP contribution < -0.4 is 0 Å². The summed E-state index contributed by atoms with van der Waals surface area (Å²) >= 11 is -2.86. The van der Waals surface area contributed by atoms with E-state index in [2.05, 4.69) is 0 Å². The first kappa shape index (κ1) is 9.05. The van der Waals surface area contributed by atoms with Gasteiger partial charge >= 0.3 is 0 Å². The van der Waals surface area contributed by atoms with Gasteiger partial charge in [0.2, 0.25) is 0 Å². The molecule has 3 nitrogen and oxygen atoms in total. The van der Waals surface area contributed by atoms with Crippen LogP contribution in [0.5, 0.6) is 0 Å². The molecule has 1 unspecified atom stereocenters. The average Bonchev–Trinajstić information content (AvgIpc) is 0.811. The van der Waals surface area contributed by atoms with Crippen LogP contribution in [0, 0.1) is 0 Å². The molecule has 0 heterocycles. The molecule has 0 aromatic heterocycles. The Morgan fingerprint density at radius 3 is 1.80 bits per heavy atom. The second kappa shape index (κ2) is 4.42. The highest BCUT2D eigenvalue weighted by molar-refractivity contribution is 7.73. The van der Waals surface area contributed by atoms with Gasteiger partial charge in [-0.2, -0.15) is 13.5 Å². The van der Waals surface area contributed by atoms with E-state index in [1.165, 1.54) is 0 Å². The van der Waals surface area contributed by atoms with Crippen LogP contribution in [0.4, 0.5) is 0 Å². The van der Waals surface area contributed by atoms with E-state index in [0.29, 0.717) is 0 Å². The third-order valence-corrected chi connectivity index (χ3v) is 0. The zero-order valence-corrected chi connectivity index (χ0v) is 3.99. The minimum atomic E-state index is -2.86. The summed E-state index contributed by atoms with van der Waals surface area (Å²) in [4.78, 5) is 0. The molecular formula is H3O3S2-. The van der Waals surface area contributed by atoms with Gasteiger partial charge in [0.15, 0.2) is 0 Å². The normalized spacial score (nSPS) is 12.4. The molecule has 0 radical (unpaired) electrons. The lowest BCUT2D eigenvalue weighted by molar-refractivity contribution is 0.436. The molecule has 0 aromatic rings. The number of rotatable bonds is 0. The Bertz CT molecular complexity index is 27.9. The van der Waals surface area contributed by atoms with E-state index < -0.39 is 11.4 Å². The van der Waals surface area contributed by atoms with Crippen molar-refractivity contribution in [3.63, 3.8) is 0 Å². The van der Waals surface area contributed by atoms with E-state index in [0.717, 1.165) is 0 Å². The van der Waals surface area contributed by atoms with Gasteiger partial charge in [-0.15, -0.1) is 0 Å². The van der Waals surface area contributed by atoms with Crippen molar-refractivity contribution >= 4 is 24.9 Å². The summed E-state index contributed by atoms with van der Waals surface area (Å²) in [6, 6.07) is 0. The lowest BCUT2D eigenvalue weighted by Gasteiger charge is -1.83. The fraction of sp³-hybridized carbons (Fsp3) is 0. The summed E-state index contributed by atoms with van der Waals surface area (Å²) in [5, 5.41) is 0. The molecule has 0 amide bonds. The smallest absolute Gasteiger partial charge is 0.0814 e. The van der Waals surface area contributed by atoms with Gasteiger partial charge in [-0.25, -0.2) is 4.21 Å². The molecule has 0 aliphatic heterocycles. The van der Waals surface area contributed by atoms with Gasteiger partial charge in [-0.05, 0) is 0 Å². The van der Waals surface area contributed by atoms with Crippen LogP contribution in [-0.2, 0) is 11.4 Å². The van der Waals surface area contributed by atoms with E-state index in [-0.39, 0.29) is 13.5 Å². The Morgan fingerprint density at radius 1 is 1.80 bits per heavy atom. The van der Waals surface area contributed by atoms with E-state index in [1.54, 1.807) is 0 Å². The van der Waals surface area contributed by atoms with Crippen molar-refractivity contribution < 1.29 is 13.3 Å². The summed E-state index contributed by atoms with van der Waals surface area (Å²) in [6.07, 6.45) is 0. The predicted octanol–water partition coefficient (Wildman–Crippen LogP) is -0.549. The van der Waals surface area contributed by atoms with E-state index in [1.807, 2.05) is 0 Å². The first-order valence-corrected chi connectivity index (χ1v) is 1.55. The van der Waals surface area contributed by atoms with Crippen molar-refractivity contribution in [3.8, 4) is 0 Å². The SMILES string of the molecule is O=S([O-])O.S. The summed E-state index contributed by atoms with van der Waals surface area (Å²) in [7, 11) is 0. The lowest BCUT2D eigenvalue weighted by atomic mass is 15.8. The maximum Gasteiger partial charge on any atom is 0.0814 e. The Morgan fingerprint density at radius 2 is 1.80 bits per heavy atom. The van der Waals surface area contributed by atoms with Crippen LogP contribution in [-0.4, -0.2) is 13.3 Å². The molecule has 1 N–H and O–H groups in total. The van der Waals surface area contributed by atoms with Gasteiger partial charge in [0.25, 0.3) is 0 Å². The molecule has 1 atom stereocenters. The fourth-order valence-corrected chi connectivity index (χ4v) is 0. The van der Waals surface area contributed by atoms with Gasteiger partial charge in [0, 0.05) is 0 Å². The van der Waals surface area contributed by atoms with Gasteiger partial charge in [0.1, 0.15) is 0 Å². The van der Waals surface area contributed by atoms with Crippen LogP contribution in [0.3, 0.4) is 0 Å². The Hall–Kier alpha value is 0.420. The molecule has 0 fully saturated rings. The Labute approximate surface area is 38.9 Å². The Balaban J connectivity index is 0. The molecule has 0 saturated carbocycles. The van der Waals surface area contributed by atoms with Gasteiger partial charge in [0.05, 0.1) is 11.4 Å². The van der Waals surface area contributed by atoms with Crippen molar-refractivity contribution in [1.29, 1.82) is 0 Å². The summed E-state index contributed by atoms with van der Waals surface area (Å²) < 4.78 is 24.1. The quantitative estimate of drug-likeness (QED) is 0.431. The highest BCUT2D eigenvalue weighted by Gasteiger charge is 1.42. The van der Waals surface area contributed by atoms with Crippen LogP contribution in [0.2, 0.25) is 0 Å². The largest absolute Gasteiger partial charge is 0.750 e. The van der Waals surface area contributed by atoms with Crippen LogP contribution in [0.15, 0.2) is 0 Å². The van der Waals surface area contributed by atoms with Crippen molar-refractivity contribution in [2.45, 2.75) is 0 Å². The standard InChI is InChI=1S/H2O3S.H2S/c1-4(2)3;/h(H2,1,2,3);1H2/p-1. The van der Waals surface area contributed by atoms with Crippen molar-refractivity contribution in [2.75, 3.05) is 0 Å². The van der Waals surface area contributed by atoms with Crippen LogP contribution in [0.25, 0.3) is 0 Å². The number of hydrogen-bond donors (Lipinski definition) is 1. The van der Waals surface area contributed by atoms with Crippen molar-refractivity contribution in [3.05, 3.63) is 0 Å². The third-order valence-electron chi connectivity index (χ3n) is 0. The molecule has 0 rings (SSSR count). The maximum atomic E-state index is 8.56. The minimum Gasteiger partial charge on any atom is -0.750 e. The van der Waals surface area contributed by atoms with Gasteiger partial charge in [-0.1, -0.05) is 0 Å². The fourth-order valence-electron chi connectivity index (χ4n) is 0. The van der Waals surface area contributed by atoms with Gasteiger partial charge < -0.3 is 9.11 Å². The van der Waals surface area contributed by atoms with E-state index in [9.17, 15) is 0 Å². The topological polar surface area (TPSA) is 60.4 Å². The summed E-state index contributed by atoms with van der Waals surface area (Å²) in [5.74, 6) is 0. The van der Waals surface area contributed by atoms with Crippen LogP contribution in [0.1, 0.15) is 0 Å². The first-order valence-electron chi connectivity index (χ1n) is 0.516. The molecule has 5 heavy (non-hydrogen) atoms. The molecular weight excluding hydrogens is 112 g/mol. The average molecular weight is 115 g/mol. The number of hydrogen-bond acceptors (Lipinski definition) is 2. The highest BCUT2D eigenvalue weighted by atomic mass is 32.2. The molecule has 34 valence electrons. The van der Waals surface area contributed by atoms with E-state index >= 15 is 0 Å². The highest BCUT2D eigenvalue weighted by Crippen LogP contribution is 1.43. The molecule has 0 aromatic carbocycles. The van der Waals surface area contributed by atoms with Crippen molar-refractivity contribution in [1.82, 2.24) is 0 Å². The molecule has 0 aliphatic rings. The Kier molecular flexibility index (Phi) is 8.00.